The summed E-state index contributed by atoms with van der Waals surface area (Å²) in [5, 5.41) is 2.52. The number of aromatic amines is 1. The first-order valence-electron chi connectivity index (χ1n) is 6.31. The molecule has 3 N–H and O–H groups in total. The summed E-state index contributed by atoms with van der Waals surface area (Å²) in [6, 6.07) is 3.50. The molecule has 1 heterocycles. The molecule has 0 aliphatic rings. The highest BCUT2D eigenvalue weighted by Gasteiger charge is 2.23. The molecule has 0 aliphatic heterocycles. The van der Waals surface area contributed by atoms with E-state index in [-0.39, 0.29) is 34.7 Å². The number of carbonyl (C=O) groups is 2. The average molecular weight is 305 g/mol. The Balaban J connectivity index is 2.63. The van der Waals surface area contributed by atoms with Crippen LogP contribution in [0.5, 0.6) is 0 Å². The number of hydrogen-bond donors (Lipinski definition) is 2. The summed E-state index contributed by atoms with van der Waals surface area (Å²) in [6.07, 6.45) is 1.26. The highest BCUT2D eigenvalue weighted by Crippen LogP contribution is 2.31. The first-order chi connectivity index (χ1) is 10.5. The van der Waals surface area contributed by atoms with Gasteiger partial charge in [0.2, 0.25) is 0 Å². The van der Waals surface area contributed by atoms with Crippen LogP contribution in [0, 0.1) is 10.7 Å². The lowest BCUT2D eigenvalue weighted by molar-refractivity contribution is 0.0527. The van der Waals surface area contributed by atoms with Crippen LogP contribution in [0.15, 0.2) is 29.6 Å². The van der Waals surface area contributed by atoms with Gasteiger partial charge in [0.15, 0.2) is 5.82 Å². The van der Waals surface area contributed by atoms with Crippen molar-refractivity contribution in [1.29, 1.82) is 0 Å². The zero-order valence-electron chi connectivity index (χ0n) is 11.6. The van der Waals surface area contributed by atoms with Gasteiger partial charge in [-0.05, 0) is 29.8 Å². The Kier molecular flexibility index (Phi) is 4.31. The van der Waals surface area contributed by atoms with Crippen molar-refractivity contribution in [1.82, 2.24) is 4.98 Å². The van der Waals surface area contributed by atoms with Gasteiger partial charge in [0.25, 0.3) is 5.91 Å². The van der Waals surface area contributed by atoms with Gasteiger partial charge in [-0.2, -0.15) is 0 Å². The zero-order chi connectivity index (χ0) is 16.3. The maximum atomic E-state index is 13.7. The molecule has 2 aromatic rings. The topological polar surface area (TPSA) is 115 Å². The molecule has 1 amide bonds. The average Bonchev–Trinajstić information content (AvgIpc) is 2.92. The number of ether oxygens (including phenoxy) is 1. The van der Waals surface area contributed by atoms with Gasteiger partial charge in [-0.25, -0.2) is 9.18 Å². The van der Waals surface area contributed by atoms with Gasteiger partial charge in [0.1, 0.15) is 11.4 Å². The predicted octanol–water partition coefficient (Wildman–Crippen LogP) is 2.49. The lowest BCUT2D eigenvalue weighted by atomic mass is 10.0. The number of amides is 1. The number of nitrogens with one attached hydrogen (secondary N) is 1. The van der Waals surface area contributed by atoms with Crippen molar-refractivity contribution in [2.24, 2.45) is 10.9 Å². The van der Waals surface area contributed by atoms with Crippen molar-refractivity contribution in [3.05, 3.63) is 46.4 Å². The van der Waals surface area contributed by atoms with E-state index in [4.69, 9.17) is 10.5 Å². The van der Waals surface area contributed by atoms with Crippen molar-refractivity contribution in [2.75, 3.05) is 6.61 Å². The van der Waals surface area contributed by atoms with Crippen LogP contribution in [0.1, 0.15) is 27.8 Å². The highest BCUT2D eigenvalue weighted by molar-refractivity contribution is 6.06. The molecule has 22 heavy (non-hydrogen) atoms. The minimum absolute atomic E-state index is 0.0434. The minimum Gasteiger partial charge on any atom is -0.462 e. The zero-order valence-corrected chi connectivity index (χ0v) is 11.6. The number of nitroso groups, excluding NO2 is 1. The molecular weight excluding hydrogens is 293 g/mol. The quantitative estimate of drug-likeness (QED) is 0.652. The number of nitrogens with two attached hydrogens (primary N) is 1. The smallest absolute Gasteiger partial charge is 0.340 e. The van der Waals surface area contributed by atoms with Gasteiger partial charge >= 0.3 is 5.97 Å². The van der Waals surface area contributed by atoms with Crippen LogP contribution >= 0.6 is 0 Å². The Morgan fingerprint density at radius 1 is 1.41 bits per heavy atom. The highest BCUT2D eigenvalue weighted by atomic mass is 19.1. The van der Waals surface area contributed by atoms with E-state index in [0.717, 1.165) is 12.1 Å². The van der Waals surface area contributed by atoms with Gasteiger partial charge in [-0.15, -0.1) is 4.91 Å². The molecule has 0 saturated carbocycles. The predicted molar refractivity (Wildman–Crippen MR) is 76.1 cm³/mol. The number of halogens is 1. The largest absolute Gasteiger partial charge is 0.462 e. The number of H-pyrrole nitrogens is 1. The second-order valence-corrected chi connectivity index (χ2v) is 4.29. The lowest BCUT2D eigenvalue weighted by Crippen LogP contribution is -2.13. The molecule has 114 valence electrons. The van der Waals surface area contributed by atoms with Crippen molar-refractivity contribution in [2.45, 2.75) is 6.92 Å². The third-order valence-corrected chi connectivity index (χ3v) is 2.96. The maximum Gasteiger partial charge on any atom is 0.340 e. The monoisotopic (exact) mass is 305 g/mol. The van der Waals surface area contributed by atoms with Crippen LogP contribution in [0.3, 0.4) is 0 Å². The molecule has 0 radical (unpaired) electrons. The summed E-state index contributed by atoms with van der Waals surface area (Å²) in [6.45, 7) is 1.77. The fourth-order valence-corrected chi connectivity index (χ4v) is 2.02. The number of carbonyl (C=O) groups excluding carboxylic acids is 2. The second kappa shape index (κ2) is 6.17. The standard InChI is InChI=1S/C14H12FN3O4/c1-2-22-14(20)8-6-17-12(13(16)19)11(8)7-3-4-10(18-21)9(15)5-7/h3-6,17H,2H2,1H3,(H2,16,19). The van der Waals surface area contributed by atoms with Crippen LogP contribution < -0.4 is 5.73 Å². The summed E-state index contributed by atoms with van der Waals surface area (Å²) >= 11 is 0. The minimum atomic E-state index is -0.876. The molecular formula is C14H12FN3O4. The molecule has 0 saturated heterocycles. The van der Waals surface area contributed by atoms with Crippen LogP contribution in [0.2, 0.25) is 0 Å². The first-order valence-corrected chi connectivity index (χ1v) is 6.31. The number of hydrogen-bond acceptors (Lipinski definition) is 5. The van der Waals surface area contributed by atoms with Crippen molar-refractivity contribution in [3.63, 3.8) is 0 Å². The number of aromatic nitrogens is 1. The SMILES string of the molecule is CCOC(=O)c1c[nH]c(C(N)=O)c1-c1ccc(N=O)c(F)c1. The maximum absolute atomic E-state index is 13.7. The third kappa shape index (κ3) is 2.71. The van der Waals surface area contributed by atoms with Crippen LogP contribution in [0.25, 0.3) is 11.1 Å². The van der Waals surface area contributed by atoms with E-state index in [2.05, 4.69) is 10.2 Å². The Bertz CT molecular complexity index is 755. The number of benzene rings is 1. The van der Waals surface area contributed by atoms with Crippen molar-refractivity contribution >= 4 is 17.6 Å². The van der Waals surface area contributed by atoms with E-state index in [0.29, 0.717) is 0 Å². The number of nitrogens with zero attached hydrogens (tertiary/aromatic N) is 1. The third-order valence-electron chi connectivity index (χ3n) is 2.96. The Morgan fingerprint density at radius 2 is 2.14 bits per heavy atom. The molecule has 0 atom stereocenters. The van der Waals surface area contributed by atoms with Crippen LogP contribution in [-0.4, -0.2) is 23.5 Å². The molecule has 8 heteroatoms. The van der Waals surface area contributed by atoms with Crippen LogP contribution in [-0.2, 0) is 4.74 Å². The summed E-state index contributed by atoms with van der Waals surface area (Å²) in [7, 11) is 0. The Labute approximate surface area is 124 Å². The fraction of sp³-hybridized carbons (Fsp3) is 0.143. The van der Waals surface area contributed by atoms with E-state index < -0.39 is 17.7 Å². The Hall–Kier alpha value is -3.03. The van der Waals surface area contributed by atoms with E-state index in [9.17, 15) is 18.9 Å². The van der Waals surface area contributed by atoms with Gasteiger partial charge in [0, 0.05) is 11.8 Å². The van der Waals surface area contributed by atoms with Gasteiger partial charge < -0.3 is 15.5 Å². The normalized spacial score (nSPS) is 10.3. The molecule has 2 rings (SSSR count). The summed E-state index contributed by atoms with van der Waals surface area (Å²) in [4.78, 5) is 36.4. The van der Waals surface area contributed by atoms with Crippen LogP contribution in [0.4, 0.5) is 10.1 Å². The molecule has 1 aromatic carbocycles. The first kappa shape index (κ1) is 15.4. The number of rotatable bonds is 5. The Morgan fingerprint density at radius 3 is 2.68 bits per heavy atom. The van der Waals surface area contributed by atoms with E-state index in [1.54, 1.807) is 6.92 Å². The van der Waals surface area contributed by atoms with Gasteiger partial charge in [-0.1, -0.05) is 6.07 Å². The molecule has 0 bridgehead atoms. The van der Waals surface area contributed by atoms with Crippen molar-refractivity contribution in [3.8, 4) is 11.1 Å². The summed E-state index contributed by atoms with van der Waals surface area (Å²) < 4.78 is 18.6. The molecule has 0 aliphatic carbocycles. The number of primary amides is 1. The van der Waals surface area contributed by atoms with E-state index >= 15 is 0 Å². The van der Waals surface area contributed by atoms with Gasteiger partial charge in [-0.3, -0.25) is 4.79 Å². The van der Waals surface area contributed by atoms with Crippen molar-refractivity contribution < 1.29 is 18.7 Å². The molecule has 0 fully saturated rings. The fourth-order valence-electron chi connectivity index (χ4n) is 2.02. The second-order valence-electron chi connectivity index (χ2n) is 4.29. The summed E-state index contributed by atoms with van der Waals surface area (Å²) in [5.74, 6) is -2.37. The number of esters is 1. The molecule has 0 spiro atoms. The van der Waals surface area contributed by atoms with E-state index in [1.807, 2.05) is 0 Å². The molecule has 7 nitrogen and oxygen atoms in total. The summed E-state index contributed by atoms with van der Waals surface area (Å²) in [5.41, 5.74) is 5.16. The van der Waals surface area contributed by atoms with Gasteiger partial charge in [0.05, 0.1) is 12.2 Å². The van der Waals surface area contributed by atoms with E-state index in [1.165, 1.54) is 12.3 Å². The molecule has 0 unspecified atom stereocenters. The lowest BCUT2D eigenvalue weighted by Gasteiger charge is -2.07. The molecule has 1 aromatic heterocycles.